The van der Waals surface area contributed by atoms with E-state index in [1.807, 2.05) is 12.1 Å². The van der Waals surface area contributed by atoms with E-state index in [9.17, 15) is 0 Å². The summed E-state index contributed by atoms with van der Waals surface area (Å²) in [5.74, 6) is 1.21. The highest BCUT2D eigenvalue weighted by molar-refractivity contribution is 6.35. The van der Waals surface area contributed by atoms with Crippen molar-refractivity contribution in [2.24, 2.45) is 4.99 Å². The average molecular weight is 281 g/mol. The third-order valence-corrected chi connectivity index (χ3v) is 3.49. The summed E-state index contributed by atoms with van der Waals surface area (Å²) in [5, 5.41) is 5.42. The van der Waals surface area contributed by atoms with Gasteiger partial charge in [0, 0.05) is 10.4 Å². The summed E-state index contributed by atoms with van der Waals surface area (Å²) < 4.78 is 0. The molecule has 2 aromatic carbocycles. The van der Waals surface area contributed by atoms with E-state index in [0.717, 1.165) is 29.9 Å². The molecule has 2 N–H and O–H groups in total. The van der Waals surface area contributed by atoms with Gasteiger partial charge < -0.3 is 12.4 Å². The van der Waals surface area contributed by atoms with Crippen molar-refractivity contribution >= 4 is 28.2 Å². The van der Waals surface area contributed by atoms with Crippen LogP contribution in [0.1, 0.15) is 5.56 Å². The van der Waals surface area contributed by atoms with Crippen molar-refractivity contribution < 1.29 is 17.7 Å². The zero-order valence-electron chi connectivity index (χ0n) is 9.87. The summed E-state index contributed by atoms with van der Waals surface area (Å²) in [5.41, 5.74) is 1.31. The number of nitrogens with zero attached hydrogens (tertiary/aromatic N) is 1. The van der Waals surface area contributed by atoms with Crippen LogP contribution < -0.4 is 17.7 Å². The van der Waals surface area contributed by atoms with Crippen LogP contribution in [0.3, 0.4) is 0 Å². The lowest BCUT2D eigenvalue weighted by Gasteiger charge is -2.06. The molecule has 0 aromatic heterocycles. The fourth-order valence-electron chi connectivity index (χ4n) is 2.31. The predicted molar refractivity (Wildman–Crippen MR) is 71.8 cm³/mol. The molecule has 0 unspecified atom stereocenters. The SMILES string of the molecule is Clc1ccc(CC2=NCC[NH2+]2)c2ccccc12.[Cl-]. The standard InChI is InChI=1S/C14H13ClN2.ClH/c15-13-6-5-10(9-14-16-7-8-17-14)11-3-1-2-4-12(11)13;/h1-6H,7-9H2,(H,16,17);1H. The van der Waals surface area contributed by atoms with E-state index in [-0.39, 0.29) is 12.4 Å². The number of hydrogen-bond acceptors (Lipinski definition) is 1. The molecule has 0 radical (unpaired) electrons. The first kappa shape index (κ1) is 13.3. The zero-order chi connectivity index (χ0) is 11.7. The predicted octanol–water partition coefficient (Wildman–Crippen LogP) is -0.985. The minimum absolute atomic E-state index is 0. The number of hydrogen-bond donors (Lipinski definition) is 1. The molecule has 2 aromatic rings. The minimum atomic E-state index is 0. The van der Waals surface area contributed by atoms with E-state index >= 15 is 0 Å². The molecule has 18 heavy (non-hydrogen) atoms. The zero-order valence-corrected chi connectivity index (χ0v) is 11.4. The van der Waals surface area contributed by atoms with Crippen molar-refractivity contribution in [2.75, 3.05) is 13.1 Å². The topological polar surface area (TPSA) is 29.0 Å². The molecule has 0 fully saturated rings. The molecular formula is C14H14Cl2N2. The van der Waals surface area contributed by atoms with Gasteiger partial charge in [0.05, 0.1) is 13.0 Å². The smallest absolute Gasteiger partial charge is 0.199 e. The Morgan fingerprint density at radius 2 is 1.89 bits per heavy atom. The fraction of sp³-hybridized carbons (Fsp3) is 0.214. The largest absolute Gasteiger partial charge is 1.00 e. The Hall–Kier alpha value is -1.09. The fourth-order valence-corrected chi connectivity index (χ4v) is 2.53. The highest BCUT2D eigenvalue weighted by Gasteiger charge is 2.13. The lowest BCUT2D eigenvalue weighted by molar-refractivity contribution is -0.529. The number of fused-ring (bicyclic) bond motifs is 1. The van der Waals surface area contributed by atoms with Crippen LogP contribution in [0.4, 0.5) is 0 Å². The Balaban J connectivity index is 0.00000120. The molecule has 0 atom stereocenters. The summed E-state index contributed by atoms with van der Waals surface area (Å²) in [6.07, 6.45) is 0.914. The van der Waals surface area contributed by atoms with E-state index < -0.39 is 0 Å². The van der Waals surface area contributed by atoms with Gasteiger partial charge in [0.15, 0.2) is 5.84 Å². The first-order valence-corrected chi connectivity index (χ1v) is 6.25. The molecule has 0 aliphatic carbocycles. The van der Waals surface area contributed by atoms with E-state index in [1.165, 1.54) is 16.8 Å². The first-order valence-electron chi connectivity index (χ1n) is 5.87. The summed E-state index contributed by atoms with van der Waals surface area (Å²) in [7, 11) is 0. The second kappa shape index (κ2) is 5.70. The molecular weight excluding hydrogens is 267 g/mol. The number of amidine groups is 1. The summed E-state index contributed by atoms with van der Waals surface area (Å²) in [4.78, 5) is 4.49. The van der Waals surface area contributed by atoms with Crippen LogP contribution in [0.15, 0.2) is 41.4 Å². The molecule has 94 valence electrons. The summed E-state index contributed by atoms with van der Waals surface area (Å²) >= 11 is 6.21. The highest BCUT2D eigenvalue weighted by Crippen LogP contribution is 2.26. The van der Waals surface area contributed by atoms with Gasteiger partial charge in [-0.3, -0.25) is 5.32 Å². The number of quaternary nitrogens is 1. The van der Waals surface area contributed by atoms with Gasteiger partial charge in [-0.05, 0) is 17.0 Å². The van der Waals surface area contributed by atoms with E-state index in [2.05, 4.69) is 34.6 Å². The van der Waals surface area contributed by atoms with Gasteiger partial charge in [0.1, 0.15) is 6.54 Å². The molecule has 3 rings (SSSR count). The third kappa shape index (κ3) is 2.51. The number of halogens is 2. The van der Waals surface area contributed by atoms with Crippen molar-refractivity contribution in [3.8, 4) is 0 Å². The van der Waals surface area contributed by atoms with Crippen LogP contribution in [0.5, 0.6) is 0 Å². The normalized spacial score (nSPS) is 14.4. The molecule has 0 spiro atoms. The maximum Gasteiger partial charge on any atom is 0.199 e. The Bertz CT molecular complexity index is 593. The van der Waals surface area contributed by atoms with Gasteiger partial charge in [-0.25, -0.2) is 4.99 Å². The van der Waals surface area contributed by atoms with E-state index in [0.29, 0.717) is 0 Å². The van der Waals surface area contributed by atoms with Gasteiger partial charge >= 0.3 is 0 Å². The molecule has 0 saturated carbocycles. The lowest BCUT2D eigenvalue weighted by atomic mass is 10.0. The lowest BCUT2D eigenvalue weighted by Crippen LogP contribution is -3.00. The van der Waals surface area contributed by atoms with Crippen molar-refractivity contribution in [1.82, 2.24) is 0 Å². The summed E-state index contributed by atoms with van der Waals surface area (Å²) in [6.45, 7) is 2.03. The van der Waals surface area contributed by atoms with Crippen LogP contribution in [0.25, 0.3) is 10.8 Å². The number of aliphatic imine (C=N–C) groups is 1. The monoisotopic (exact) mass is 280 g/mol. The van der Waals surface area contributed by atoms with Crippen LogP contribution in [-0.2, 0) is 6.42 Å². The van der Waals surface area contributed by atoms with Gasteiger partial charge in [0.25, 0.3) is 0 Å². The van der Waals surface area contributed by atoms with Crippen LogP contribution in [0, 0.1) is 0 Å². The third-order valence-electron chi connectivity index (χ3n) is 3.16. The quantitative estimate of drug-likeness (QED) is 0.733. The Labute approximate surface area is 117 Å². The van der Waals surface area contributed by atoms with Gasteiger partial charge in [-0.15, -0.1) is 0 Å². The summed E-state index contributed by atoms with van der Waals surface area (Å²) in [6, 6.07) is 12.4. The second-order valence-corrected chi connectivity index (χ2v) is 4.70. The Morgan fingerprint density at radius 1 is 1.11 bits per heavy atom. The average Bonchev–Trinajstić information content (AvgIpc) is 2.86. The first-order chi connectivity index (χ1) is 8.34. The van der Waals surface area contributed by atoms with E-state index in [1.54, 1.807) is 0 Å². The van der Waals surface area contributed by atoms with Crippen molar-refractivity contribution in [3.05, 3.63) is 47.0 Å². The van der Waals surface area contributed by atoms with Crippen LogP contribution in [-0.4, -0.2) is 18.9 Å². The Kier molecular flexibility index (Phi) is 4.23. The molecule has 0 saturated heterocycles. The minimum Gasteiger partial charge on any atom is -1.00 e. The van der Waals surface area contributed by atoms with Gasteiger partial charge in [0.2, 0.25) is 0 Å². The molecule has 0 amide bonds. The van der Waals surface area contributed by atoms with E-state index in [4.69, 9.17) is 11.6 Å². The van der Waals surface area contributed by atoms with Crippen molar-refractivity contribution in [1.29, 1.82) is 0 Å². The van der Waals surface area contributed by atoms with Gasteiger partial charge in [-0.1, -0.05) is 41.9 Å². The van der Waals surface area contributed by atoms with Crippen LogP contribution >= 0.6 is 11.6 Å². The number of benzene rings is 2. The maximum absolute atomic E-state index is 6.21. The van der Waals surface area contributed by atoms with Crippen molar-refractivity contribution in [3.63, 3.8) is 0 Å². The molecule has 0 bridgehead atoms. The van der Waals surface area contributed by atoms with Crippen molar-refractivity contribution in [2.45, 2.75) is 6.42 Å². The Morgan fingerprint density at radius 3 is 2.61 bits per heavy atom. The van der Waals surface area contributed by atoms with Gasteiger partial charge in [-0.2, -0.15) is 0 Å². The number of nitrogens with two attached hydrogens (primary N) is 1. The molecule has 1 aliphatic rings. The second-order valence-electron chi connectivity index (χ2n) is 4.29. The molecule has 1 aliphatic heterocycles. The maximum atomic E-state index is 6.21. The molecule has 2 nitrogen and oxygen atoms in total. The number of rotatable bonds is 2. The molecule has 1 heterocycles. The highest BCUT2D eigenvalue weighted by atomic mass is 35.5. The molecule has 4 heteroatoms. The van der Waals surface area contributed by atoms with Crippen LogP contribution in [0.2, 0.25) is 5.02 Å².